The molecule has 0 saturated heterocycles. The molecule has 0 spiro atoms. The number of alkyl halides is 2. The summed E-state index contributed by atoms with van der Waals surface area (Å²) in [6, 6.07) is 1.67. The molecule has 4 rings (SSSR count). The van der Waals surface area contributed by atoms with E-state index in [9.17, 15) is 18.0 Å². The summed E-state index contributed by atoms with van der Waals surface area (Å²) in [5.41, 5.74) is 0.873. The van der Waals surface area contributed by atoms with Crippen LogP contribution in [0.5, 0.6) is 0 Å². The van der Waals surface area contributed by atoms with Crippen LogP contribution in [0.2, 0.25) is 0 Å². The molecule has 0 saturated carbocycles. The zero-order valence-electron chi connectivity index (χ0n) is 13.8. The van der Waals surface area contributed by atoms with Crippen molar-refractivity contribution in [3.63, 3.8) is 0 Å². The van der Waals surface area contributed by atoms with Gasteiger partial charge in [-0.2, -0.15) is 15.4 Å². The van der Waals surface area contributed by atoms with Crippen LogP contribution in [0.25, 0.3) is 5.65 Å². The maximum atomic E-state index is 13.4. The van der Waals surface area contributed by atoms with Crippen molar-refractivity contribution in [2.24, 2.45) is 0 Å². The fourth-order valence-corrected chi connectivity index (χ4v) is 2.82. The minimum Gasteiger partial charge on any atom is -0.381 e. The molecule has 1 aliphatic heterocycles. The van der Waals surface area contributed by atoms with E-state index in [2.05, 4.69) is 25.6 Å². The van der Waals surface area contributed by atoms with Gasteiger partial charge in [0.25, 0.3) is 6.43 Å². The first-order chi connectivity index (χ1) is 12.4. The molecular weight excluding hydrogens is 589 g/mol. The summed E-state index contributed by atoms with van der Waals surface area (Å²) in [4.78, 5) is 18.0. The number of urea groups is 1. The van der Waals surface area contributed by atoms with E-state index in [1.165, 1.54) is 27.9 Å². The summed E-state index contributed by atoms with van der Waals surface area (Å²) in [6.07, 6.45) is -0.187. The Bertz CT molecular complexity index is 1010. The number of hydrogen-bond donors (Lipinski definition) is 1. The average molecular weight is 600 g/mol. The monoisotopic (exact) mass is 600 g/mol. The van der Waals surface area contributed by atoms with Crippen LogP contribution in [0, 0.1) is 43.0 Å². The molecule has 0 bridgehead atoms. The van der Waals surface area contributed by atoms with E-state index in [0.717, 1.165) is 12.0 Å². The summed E-state index contributed by atoms with van der Waals surface area (Å²) in [5.74, 6) is 0.107. The molecule has 0 aromatic carbocycles. The first-order valence-corrected chi connectivity index (χ1v) is 7.50. The van der Waals surface area contributed by atoms with E-state index in [-0.39, 0.29) is 43.3 Å². The van der Waals surface area contributed by atoms with Crippen LogP contribution in [-0.4, -0.2) is 37.4 Å². The molecule has 1 N–H and O–H groups in total. The first-order valence-electron chi connectivity index (χ1n) is 7.50. The Hall–Kier alpha value is -2.32. The van der Waals surface area contributed by atoms with Gasteiger partial charge >= 0.3 is 6.03 Å². The normalized spacial score (nSPS) is 13.1. The molecular formula is C15H11F3N7OU-. The third-order valence-corrected chi connectivity index (χ3v) is 3.92. The molecule has 3 aromatic rings. The maximum Gasteiger partial charge on any atom is 0.309 e. The molecule has 138 valence electrons. The quantitative estimate of drug-likeness (QED) is 0.458. The minimum atomic E-state index is -2.80. The number of fused-ring (bicyclic) bond motifs is 3. The number of amides is 2. The van der Waals surface area contributed by atoms with E-state index in [4.69, 9.17) is 0 Å². The number of anilines is 2. The third-order valence-electron chi connectivity index (χ3n) is 3.92. The van der Waals surface area contributed by atoms with Gasteiger partial charge in [-0.3, -0.25) is 4.98 Å². The van der Waals surface area contributed by atoms with Gasteiger partial charge in [-0.15, -0.1) is 17.1 Å². The summed E-state index contributed by atoms with van der Waals surface area (Å²) in [7, 11) is 0. The van der Waals surface area contributed by atoms with Crippen LogP contribution in [0.4, 0.5) is 29.3 Å². The smallest absolute Gasteiger partial charge is 0.309 e. The predicted molar refractivity (Wildman–Crippen MR) is 84.3 cm³/mol. The molecule has 0 fully saturated rings. The Kier molecular flexibility index (Phi) is 5.30. The Balaban J connectivity index is 0.00000210. The van der Waals surface area contributed by atoms with Crippen molar-refractivity contribution in [1.82, 2.24) is 24.8 Å². The van der Waals surface area contributed by atoms with Gasteiger partial charge in [0.05, 0.1) is 11.9 Å². The Labute approximate surface area is 174 Å². The number of aromatic nitrogens is 5. The number of carbonyl (C=O) groups is 1. The Morgan fingerprint density at radius 3 is 2.85 bits per heavy atom. The third kappa shape index (κ3) is 3.47. The van der Waals surface area contributed by atoms with Crippen molar-refractivity contribution in [3.8, 4) is 0 Å². The molecule has 3 aromatic heterocycles. The number of hydrogen-bond acceptors (Lipinski definition) is 5. The van der Waals surface area contributed by atoms with Crippen LogP contribution in [0.3, 0.4) is 0 Å². The Morgan fingerprint density at radius 1 is 1.33 bits per heavy atom. The summed E-state index contributed by atoms with van der Waals surface area (Å²) in [6.45, 7) is 2.01. The molecule has 8 nitrogen and oxygen atoms in total. The molecule has 4 heterocycles. The van der Waals surface area contributed by atoms with Crippen LogP contribution >= 0.6 is 0 Å². The zero-order valence-corrected chi connectivity index (χ0v) is 18.0. The van der Waals surface area contributed by atoms with Gasteiger partial charge in [0.2, 0.25) is 5.95 Å². The second-order valence-electron chi connectivity index (χ2n) is 5.70. The summed E-state index contributed by atoms with van der Waals surface area (Å²) in [5, 5.41) is 13.0. The molecule has 0 unspecified atom stereocenters. The number of halogens is 3. The van der Waals surface area contributed by atoms with E-state index in [0.29, 0.717) is 17.0 Å². The van der Waals surface area contributed by atoms with E-state index in [1.807, 2.05) is 0 Å². The second kappa shape index (κ2) is 7.36. The van der Waals surface area contributed by atoms with Crippen molar-refractivity contribution in [3.05, 3.63) is 47.8 Å². The van der Waals surface area contributed by atoms with Gasteiger partial charge in [-0.05, 0) is 18.8 Å². The SMILES string of the molecule is C[C-]1CN(C(=O)Nc2cnnc(C(F)F)c2)c2cnc3cc(F)nn3c21.[U]. The minimum absolute atomic E-state index is 0. The van der Waals surface area contributed by atoms with Gasteiger partial charge in [-0.25, -0.2) is 18.1 Å². The van der Waals surface area contributed by atoms with E-state index < -0.39 is 24.1 Å². The number of nitrogens with one attached hydrogen (secondary N) is 1. The van der Waals surface area contributed by atoms with Crippen molar-refractivity contribution in [2.45, 2.75) is 13.3 Å². The zero-order chi connectivity index (χ0) is 18.4. The van der Waals surface area contributed by atoms with Gasteiger partial charge in [0.15, 0.2) is 5.65 Å². The molecule has 1 aliphatic rings. The first kappa shape index (κ1) is 19.4. The molecule has 0 atom stereocenters. The molecule has 12 heteroatoms. The van der Waals surface area contributed by atoms with Crippen molar-refractivity contribution in [1.29, 1.82) is 0 Å². The van der Waals surface area contributed by atoms with Crippen LogP contribution < -0.4 is 10.2 Å². The Morgan fingerprint density at radius 2 is 2.11 bits per heavy atom. The van der Waals surface area contributed by atoms with Crippen LogP contribution in [0.1, 0.15) is 24.7 Å². The summed E-state index contributed by atoms with van der Waals surface area (Å²) >= 11 is 0. The average Bonchev–Trinajstić information content (AvgIpc) is 3.14. The number of carbonyl (C=O) groups excluding carboxylic acids is 1. The van der Waals surface area contributed by atoms with Crippen molar-refractivity contribution < 1.29 is 49.1 Å². The second-order valence-corrected chi connectivity index (χ2v) is 5.70. The predicted octanol–water partition coefficient (Wildman–Crippen LogP) is 2.59. The summed E-state index contributed by atoms with van der Waals surface area (Å²) < 4.78 is 40.2. The van der Waals surface area contributed by atoms with E-state index >= 15 is 0 Å². The van der Waals surface area contributed by atoms with Gasteiger partial charge in [0, 0.05) is 37.2 Å². The van der Waals surface area contributed by atoms with E-state index in [1.54, 1.807) is 6.92 Å². The number of nitrogens with zero attached hydrogens (tertiary/aromatic N) is 6. The largest absolute Gasteiger partial charge is 0.381 e. The van der Waals surface area contributed by atoms with Gasteiger partial charge in [0.1, 0.15) is 5.69 Å². The maximum absolute atomic E-state index is 13.4. The standard InChI is InChI=1S/C15H11F3N7O.U/c1-7-6-24(10-5-19-12-3-11(16)23-25(12)13(7)10)15(26)21-8-2-9(14(17)18)22-20-4-8;/h2-5,14H,6H2,1H3,(H,21,22,26);/q-1;. The van der Waals surface area contributed by atoms with Gasteiger partial charge < -0.3 is 10.2 Å². The van der Waals surface area contributed by atoms with Crippen LogP contribution in [0.15, 0.2) is 24.5 Å². The molecule has 2 amide bonds. The topological polar surface area (TPSA) is 88.3 Å². The molecule has 0 radical (unpaired) electrons. The molecule has 0 aliphatic carbocycles. The molecule has 27 heavy (non-hydrogen) atoms. The van der Waals surface area contributed by atoms with Gasteiger partial charge in [-0.1, -0.05) is 11.4 Å². The number of rotatable bonds is 2. The van der Waals surface area contributed by atoms with Crippen LogP contribution in [-0.2, 0) is 0 Å². The fraction of sp³-hybridized carbons (Fsp3) is 0.200. The fourth-order valence-electron chi connectivity index (χ4n) is 2.82. The van der Waals surface area contributed by atoms with Crippen molar-refractivity contribution >= 4 is 23.1 Å². The van der Waals surface area contributed by atoms with Crippen molar-refractivity contribution in [2.75, 3.05) is 16.8 Å².